The third-order valence-corrected chi connectivity index (χ3v) is 5.48. The van der Waals surface area contributed by atoms with Gasteiger partial charge in [0.25, 0.3) is 0 Å². The van der Waals surface area contributed by atoms with Crippen molar-refractivity contribution in [3.8, 4) is 11.5 Å². The molecule has 0 unspecified atom stereocenters. The van der Waals surface area contributed by atoms with Crippen molar-refractivity contribution in [2.24, 2.45) is 0 Å². The Kier molecular flexibility index (Phi) is 20.7. The van der Waals surface area contributed by atoms with Crippen molar-refractivity contribution in [1.29, 1.82) is 0 Å². The summed E-state index contributed by atoms with van der Waals surface area (Å²) in [7, 11) is 0. The van der Waals surface area contributed by atoms with Gasteiger partial charge in [-0.05, 0) is 36.8 Å². The van der Waals surface area contributed by atoms with E-state index in [4.69, 9.17) is 0 Å². The van der Waals surface area contributed by atoms with Gasteiger partial charge < -0.3 is 10.2 Å². The van der Waals surface area contributed by atoms with Crippen molar-refractivity contribution in [1.82, 2.24) is 0 Å². The Labute approximate surface area is 221 Å². The van der Waals surface area contributed by atoms with Gasteiger partial charge in [0.1, 0.15) is 0 Å². The first-order valence-corrected chi connectivity index (χ1v) is 12.2. The van der Waals surface area contributed by atoms with Gasteiger partial charge in [0.05, 0.1) is 0 Å². The fourth-order valence-corrected chi connectivity index (χ4v) is 3.53. The topological polar surface area (TPSA) is 46.1 Å². The van der Waals surface area contributed by atoms with Crippen LogP contribution in [-0.4, -0.2) is 37.7 Å². The molecular weight excluding hydrogens is 408 g/mol. The van der Waals surface area contributed by atoms with Crippen molar-refractivity contribution >= 4 is 37.7 Å². The standard InChI is InChI=1S/2C14H22O.Ca/c2*1-2-3-4-5-6-7-8-13-9-11-14(15)12-10-13;/h2*9-12,15H,2-8H2,1H3;/q;;+2/p-2. The predicted octanol–water partition coefficient (Wildman–Crippen LogP) is 6.95. The molecule has 0 atom stereocenters. The van der Waals surface area contributed by atoms with E-state index >= 15 is 0 Å². The summed E-state index contributed by atoms with van der Waals surface area (Å²) < 4.78 is 0. The molecule has 0 spiro atoms. The molecular formula is C28H42CaO2. The summed E-state index contributed by atoms with van der Waals surface area (Å²) in [5, 5.41) is 21.7. The molecule has 0 aliphatic carbocycles. The first-order valence-electron chi connectivity index (χ1n) is 12.2. The summed E-state index contributed by atoms with van der Waals surface area (Å²) in [6.07, 6.45) is 18.2. The van der Waals surface area contributed by atoms with Crippen LogP contribution in [-0.2, 0) is 12.8 Å². The number of aryl methyl sites for hydroxylation is 2. The summed E-state index contributed by atoms with van der Waals surface area (Å²) in [6, 6.07) is 14.4. The minimum absolute atomic E-state index is 0. The molecule has 0 saturated carbocycles. The molecule has 168 valence electrons. The average molecular weight is 451 g/mol. The molecule has 2 aromatic rings. The molecule has 3 heteroatoms. The Bertz CT molecular complexity index is 565. The Morgan fingerprint density at radius 3 is 1.06 bits per heavy atom. The molecule has 0 radical (unpaired) electrons. The first kappa shape index (κ1) is 30.3. The molecule has 0 aliphatic rings. The van der Waals surface area contributed by atoms with E-state index < -0.39 is 0 Å². The Hall–Kier alpha value is -0.700. The third-order valence-electron chi connectivity index (χ3n) is 5.48. The number of rotatable bonds is 14. The summed E-state index contributed by atoms with van der Waals surface area (Å²) in [4.78, 5) is 0. The summed E-state index contributed by atoms with van der Waals surface area (Å²) >= 11 is 0. The molecule has 0 fully saturated rings. The zero-order valence-corrected chi connectivity index (χ0v) is 22.3. The third kappa shape index (κ3) is 17.5. The summed E-state index contributed by atoms with van der Waals surface area (Å²) in [5.74, 6) is 0.225. The quantitative estimate of drug-likeness (QED) is 0.231. The normalized spacial score (nSPS) is 10.1. The van der Waals surface area contributed by atoms with Gasteiger partial charge in [-0.25, -0.2) is 0 Å². The zero-order valence-electron chi connectivity index (χ0n) is 20.0. The van der Waals surface area contributed by atoms with Crippen LogP contribution in [0.2, 0.25) is 0 Å². The average Bonchev–Trinajstić information content (AvgIpc) is 2.76. The van der Waals surface area contributed by atoms with Crippen molar-refractivity contribution < 1.29 is 10.2 Å². The van der Waals surface area contributed by atoms with Crippen molar-refractivity contribution in [2.75, 3.05) is 0 Å². The van der Waals surface area contributed by atoms with Gasteiger partial charge in [-0.1, -0.05) is 127 Å². The fraction of sp³-hybridized carbons (Fsp3) is 0.571. The van der Waals surface area contributed by atoms with Crippen molar-refractivity contribution in [2.45, 2.75) is 104 Å². The SMILES string of the molecule is CCCCCCCCc1ccc([O-])cc1.CCCCCCCCc1ccc([O-])cc1.[Ca+2]. The van der Waals surface area contributed by atoms with Crippen LogP contribution in [0.5, 0.6) is 11.5 Å². The van der Waals surface area contributed by atoms with Crippen LogP contribution in [0, 0.1) is 0 Å². The van der Waals surface area contributed by atoms with Gasteiger partial charge in [-0.2, -0.15) is 0 Å². The summed E-state index contributed by atoms with van der Waals surface area (Å²) in [6.45, 7) is 4.48. The molecule has 0 heterocycles. The van der Waals surface area contributed by atoms with E-state index in [1.165, 1.54) is 88.2 Å². The molecule has 0 saturated heterocycles. The van der Waals surface area contributed by atoms with E-state index in [9.17, 15) is 10.2 Å². The molecule has 0 aliphatic heterocycles. The monoisotopic (exact) mass is 450 g/mol. The molecule has 0 amide bonds. The maximum Gasteiger partial charge on any atom is 2.00 e. The van der Waals surface area contributed by atoms with E-state index in [0.29, 0.717) is 0 Å². The minimum atomic E-state index is 0. The largest absolute Gasteiger partial charge is 2.00 e. The van der Waals surface area contributed by atoms with Crippen LogP contribution in [0.25, 0.3) is 0 Å². The number of benzene rings is 2. The molecule has 2 rings (SSSR count). The van der Waals surface area contributed by atoms with E-state index in [2.05, 4.69) is 13.8 Å². The zero-order chi connectivity index (χ0) is 21.9. The van der Waals surface area contributed by atoms with Gasteiger partial charge in [-0.15, -0.1) is 11.5 Å². The van der Waals surface area contributed by atoms with Crippen LogP contribution in [0.1, 0.15) is 102 Å². The summed E-state index contributed by atoms with van der Waals surface area (Å²) in [5.41, 5.74) is 2.59. The van der Waals surface area contributed by atoms with Gasteiger partial charge in [0.15, 0.2) is 0 Å². The van der Waals surface area contributed by atoms with Crippen LogP contribution in [0.4, 0.5) is 0 Å². The van der Waals surface area contributed by atoms with E-state index in [0.717, 1.165) is 12.8 Å². The van der Waals surface area contributed by atoms with Gasteiger partial charge >= 0.3 is 37.7 Å². The molecule has 2 aromatic carbocycles. The maximum atomic E-state index is 10.9. The molecule has 0 aromatic heterocycles. The molecule has 31 heavy (non-hydrogen) atoms. The van der Waals surface area contributed by atoms with E-state index in [1.807, 2.05) is 24.3 Å². The minimum Gasteiger partial charge on any atom is -0.872 e. The number of hydrogen-bond acceptors (Lipinski definition) is 2. The van der Waals surface area contributed by atoms with E-state index in [-0.39, 0.29) is 49.2 Å². The maximum absolute atomic E-state index is 10.9. The molecule has 2 nitrogen and oxygen atoms in total. The van der Waals surface area contributed by atoms with Crippen LogP contribution >= 0.6 is 0 Å². The molecule has 0 N–H and O–H groups in total. The first-order chi connectivity index (χ1) is 14.7. The Balaban J connectivity index is 0.000000562. The Morgan fingerprint density at radius 1 is 0.452 bits per heavy atom. The second-order valence-electron chi connectivity index (χ2n) is 8.32. The van der Waals surface area contributed by atoms with Crippen molar-refractivity contribution in [3.63, 3.8) is 0 Å². The number of unbranched alkanes of at least 4 members (excludes halogenated alkanes) is 10. The van der Waals surface area contributed by atoms with Gasteiger partial charge in [0.2, 0.25) is 0 Å². The van der Waals surface area contributed by atoms with Gasteiger partial charge in [-0.3, -0.25) is 0 Å². The van der Waals surface area contributed by atoms with Crippen molar-refractivity contribution in [3.05, 3.63) is 59.7 Å². The predicted molar refractivity (Wildman–Crippen MR) is 132 cm³/mol. The molecule has 0 bridgehead atoms. The van der Waals surface area contributed by atoms with Gasteiger partial charge in [0, 0.05) is 0 Å². The van der Waals surface area contributed by atoms with Crippen LogP contribution in [0.15, 0.2) is 48.5 Å². The Morgan fingerprint density at radius 2 is 0.742 bits per heavy atom. The van der Waals surface area contributed by atoms with Crippen LogP contribution in [0.3, 0.4) is 0 Å². The second kappa shape index (κ2) is 21.2. The fourth-order valence-electron chi connectivity index (χ4n) is 3.53. The van der Waals surface area contributed by atoms with Crippen LogP contribution < -0.4 is 10.2 Å². The van der Waals surface area contributed by atoms with E-state index in [1.54, 1.807) is 24.3 Å². The smallest absolute Gasteiger partial charge is 0.872 e. The second-order valence-corrected chi connectivity index (χ2v) is 8.32. The number of hydrogen-bond donors (Lipinski definition) is 0.